The van der Waals surface area contributed by atoms with E-state index in [4.69, 9.17) is 0 Å². The summed E-state index contributed by atoms with van der Waals surface area (Å²) in [6.45, 7) is 3.22. The Morgan fingerprint density at radius 2 is 1.65 bits per heavy atom. The molecule has 1 fully saturated rings. The molecular formula is C18H25NO. The van der Waals surface area contributed by atoms with Gasteiger partial charge in [0.2, 0.25) is 0 Å². The molecular weight excluding hydrogens is 246 g/mol. The maximum absolute atomic E-state index is 12.2. The molecule has 0 bridgehead atoms. The second-order valence-electron chi connectivity index (χ2n) is 6.33. The van der Waals surface area contributed by atoms with Crippen LogP contribution in [0.3, 0.4) is 0 Å². The Morgan fingerprint density at radius 3 is 2.35 bits per heavy atom. The SMILES string of the molecule is O=C1CCCCCC1CN1CCc2ccccc2CC1. The molecule has 1 aliphatic carbocycles. The average molecular weight is 271 g/mol. The van der Waals surface area contributed by atoms with Crippen LogP contribution in [0.25, 0.3) is 0 Å². The smallest absolute Gasteiger partial charge is 0.137 e. The summed E-state index contributed by atoms with van der Waals surface area (Å²) in [5.41, 5.74) is 3.00. The number of carbonyl (C=O) groups is 1. The van der Waals surface area contributed by atoms with Gasteiger partial charge < -0.3 is 4.90 Å². The second-order valence-corrected chi connectivity index (χ2v) is 6.33. The molecule has 1 aromatic rings. The van der Waals surface area contributed by atoms with Crippen molar-refractivity contribution in [3.05, 3.63) is 35.4 Å². The van der Waals surface area contributed by atoms with Crippen LogP contribution in [-0.2, 0) is 17.6 Å². The first kappa shape index (κ1) is 13.8. The van der Waals surface area contributed by atoms with Crippen LogP contribution >= 0.6 is 0 Å². The van der Waals surface area contributed by atoms with E-state index in [1.54, 1.807) is 0 Å². The van der Waals surface area contributed by atoms with Gasteiger partial charge in [-0.15, -0.1) is 0 Å². The number of ketones is 1. The predicted molar refractivity (Wildman–Crippen MR) is 81.9 cm³/mol. The van der Waals surface area contributed by atoms with Crippen molar-refractivity contribution in [1.29, 1.82) is 0 Å². The number of rotatable bonds is 2. The maximum Gasteiger partial charge on any atom is 0.137 e. The molecule has 0 amide bonds. The molecule has 1 aromatic carbocycles. The minimum absolute atomic E-state index is 0.304. The minimum atomic E-state index is 0.304. The number of nitrogens with zero attached hydrogens (tertiary/aromatic N) is 1. The molecule has 0 aromatic heterocycles. The van der Waals surface area contributed by atoms with E-state index in [0.29, 0.717) is 11.7 Å². The lowest BCUT2D eigenvalue weighted by molar-refractivity contribution is -0.123. The van der Waals surface area contributed by atoms with Gasteiger partial charge in [0, 0.05) is 32.0 Å². The minimum Gasteiger partial charge on any atom is -0.302 e. The number of fused-ring (bicyclic) bond motifs is 1. The molecule has 108 valence electrons. The van der Waals surface area contributed by atoms with Crippen LogP contribution in [0.2, 0.25) is 0 Å². The molecule has 0 spiro atoms. The van der Waals surface area contributed by atoms with E-state index >= 15 is 0 Å². The van der Waals surface area contributed by atoms with Gasteiger partial charge in [-0.05, 0) is 36.8 Å². The Hall–Kier alpha value is -1.15. The van der Waals surface area contributed by atoms with Crippen molar-refractivity contribution in [2.75, 3.05) is 19.6 Å². The molecule has 20 heavy (non-hydrogen) atoms. The van der Waals surface area contributed by atoms with Gasteiger partial charge in [-0.1, -0.05) is 37.1 Å². The van der Waals surface area contributed by atoms with E-state index in [-0.39, 0.29) is 0 Å². The zero-order valence-corrected chi connectivity index (χ0v) is 12.3. The fraction of sp³-hybridized carbons (Fsp3) is 0.611. The fourth-order valence-electron chi connectivity index (χ4n) is 3.63. The number of carbonyl (C=O) groups excluding carboxylic acids is 1. The molecule has 2 aliphatic rings. The van der Waals surface area contributed by atoms with E-state index in [1.807, 2.05) is 0 Å². The van der Waals surface area contributed by atoms with Gasteiger partial charge in [0.1, 0.15) is 5.78 Å². The van der Waals surface area contributed by atoms with Crippen molar-refractivity contribution < 1.29 is 4.79 Å². The first-order chi connectivity index (χ1) is 9.83. The molecule has 1 saturated carbocycles. The van der Waals surface area contributed by atoms with Crippen LogP contribution in [0.1, 0.15) is 43.2 Å². The fourth-order valence-corrected chi connectivity index (χ4v) is 3.63. The van der Waals surface area contributed by atoms with Crippen LogP contribution in [-0.4, -0.2) is 30.3 Å². The molecule has 2 nitrogen and oxygen atoms in total. The second kappa shape index (κ2) is 6.53. The lowest BCUT2D eigenvalue weighted by Gasteiger charge is -2.24. The van der Waals surface area contributed by atoms with Crippen molar-refractivity contribution in [3.63, 3.8) is 0 Å². The van der Waals surface area contributed by atoms with Gasteiger partial charge >= 0.3 is 0 Å². The van der Waals surface area contributed by atoms with Gasteiger partial charge in [-0.2, -0.15) is 0 Å². The zero-order valence-electron chi connectivity index (χ0n) is 12.3. The Bertz CT molecular complexity index is 441. The average Bonchev–Trinajstić information content (AvgIpc) is 2.79. The third kappa shape index (κ3) is 3.29. The summed E-state index contributed by atoms with van der Waals surface area (Å²) in [5, 5.41) is 0. The summed E-state index contributed by atoms with van der Waals surface area (Å²) in [5.74, 6) is 0.822. The van der Waals surface area contributed by atoms with Gasteiger partial charge in [-0.3, -0.25) is 4.79 Å². The number of Topliss-reactive ketones (excluding diaryl/α,β-unsaturated/α-hetero) is 1. The molecule has 1 atom stereocenters. The largest absolute Gasteiger partial charge is 0.302 e. The summed E-state index contributed by atoms with van der Waals surface area (Å²) >= 11 is 0. The van der Waals surface area contributed by atoms with Gasteiger partial charge in [0.25, 0.3) is 0 Å². The third-order valence-corrected chi connectivity index (χ3v) is 4.92. The maximum atomic E-state index is 12.2. The van der Waals surface area contributed by atoms with Crippen molar-refractivity contribution in [2.24, 2.45) is 5.92 Å². The summed E-state index contributed by atoms with van der Waals surface area (Å²) in [6.07, 6.45) is 7.80. The van der Waals surface area contributed by atoms with Crippen molar-refractivity contribution in [1.82, 2.24) is 4.90 Å². The Kier molecular flexibility index (Phi) is 4.51. The van der Waals surface area contributed by atoms with E-state index < -0.39 is 0 Å². The first-order valence-electron chi connectivity index (χ1n) is 8.15. The van der Waals surface area contributed by atoms with Crippen LogP contribution in [0.5, 0.6) is 0 Å². The predicted octanol–water partition coefficient (Wildman–Crippen LogP) is 3.24. The van der Waals surface area contributed by atoms with Crippen LogP contribution in [0.4, 0.5) is 0 Å². The normalized spacial score (nSPS) is 24.8. The van der Waals surface area contributed by atoms with E-state index in [2.05, 4.69) is 29.2 Å². The Morgan fingerprint density at radius 1 is 0.950 bits per heavy atom. The first-order valence-corrected chi connectivity index (χ1v) is 8.15. The number of hydrogen-bond acceptors (Lipinski definition) is 2. The highest BCUT2D eigenvalue weighted by Gasteiger charge is 2.24. The zero-order chi connectivity index (χ0) is 13.8. The van der Waals surface area contributed by atoms with Crippen LogP contribution < -0.4 is 0 Å². The molecule has 0 N–H and O–H groups in total. The summed E-state index contributed by atoms with van der Waals surface area (Å²) in [4.78, 5) is 14.7. The highest BCUT2D eigenvalue weighted by atomic mass is 16.1. The summed E-state index contributed by atoms with van der Waals surface area (Å²) in [6, 6.07) is 8.80. The number of benzene rings is 1. The molecule has 1 aliphatic heterocycles. The third-order valence-electron chi connectivity index (χ3n) is 4.92. The highest BCUT2D eigenvalue weighted by molar-refractivity contribution is 5.81. The molecule has 1 unspecified atom stereocenters. The molecule has 0 radical (unpaired) electrons. The molecule has 2 heteroatoms. The topological polar surface area (TPSA) is 20.3 Å². The summed E-state index contributed by atoms with van der Waals surface area (Å²) < 4.78 is 0. The molecule has 0 saturated heterocycles. The molecule has 3 rings (SSSR count). The van der Waals surface area contributed by atoms with E-state index in [1.165, 1.54) is 24.0 Å². The van der Waals surface area contributed by atoms with Gasteiger partial charge in [0.15, 0.2) is 0 Å². The van der Waals surface area contributed by atoms with E-state index in [0.717, 1.165) is 51.7 Å². The monoisotopic (exact) mass is 271 g/mol. The van der Waals surface area contributed by atoms with Crippen molar-refractivity contribution in [2.45, 2.75) is 44.9 Å². The lowest BCUT2D eigenvalue weighted by Crippen LogP contribution is -2.34. The molecule has 1 heterocycles. The Balaban J connectivity index is 1.61. The van der Waals surface area contributed by atoms with Crippen molar-refractivity contribution in [3.8, 4) is 0 Å². The summed E-state index contributed by atoms with van der Waals surface area (Å²) in [7, 11) is 0. The quantitative estimate of drug-likeness (QED) is 0.770. The number of hydrogen-bond donors (Lipinski definition) is 0. The van der Waals surface area contributed by atoms with Gasteiger partial charge in [-0.25, -0.2) is 0 Å². The highest BCUT2D eigenvalue weighted by Crippen LogP contribution is 2.22. The van der Waals surface area contributed by atoms with E-state index in [9.17, 15) is 4.79 Å². The standard InChI is InChI=1S/C18H25NO/c20-18-9-3-1-2-8-17(18)14-19-12-10-15-6-4-5-7-16(15)11-13-19/h4-7,17H,1-3,8-14H2. The Labute approximate surface area is 122 Å². The van der Waals surface area contributed by atoms with Crippen molar-refractivity contribution >= 4 is 5.78 Å². The van der Waals surface area contributed by atoms with Crippen LogP contribution in [0.15, 0.2) is 24.3 Å². The lowest BCUT2D eigenvalue weighted by atomic mass is 9.98. The van der Waals surface area contributed by atoms with Gasteiger partial charge in [0.05, 0.1) is 0 Å². The van der Waals surface area contributed by atoms with Crippen LogP contribution in [0, 0.1) is 5.92 Å².